The van der Waals surface area contributed by atoms with Gasteiger partial charge in [0.2, 0.25) is 0 Å². The van der Waals surface area contributed by atoms with Crippen LogP contribution in [0.5, 0.6) is 5.75 Å². The number of nitriles is 1. The zero-order valence-corrected chi connectivity index (χ0v) is 18.2. The smallest absolute Gasteiger partial charge is 0.141 e. The first-order chi connectivity index (χ1) is 16.4. The Hall–Kier alpha value is -4.06. The fourth-order valence-electron chi connectivity index (χ4n) is 4.42. The maximum absolute atomic E-state index is 14.1. The van der Waals surface area contributed by atoms with Crippen molar-refractivity contribution < 1.29 is 13.9 Å². The van der Waals surface area contributed by atoms with Crippen molar-refractivity contribution in [3.05, 3.63) is 78.0 Å². The molecule has 5 rings (SSSR count). The summed E-state index contributed by atoms with van der Waals surface area (Å²) in [7, 11) is 0. The quantitative estimate of drug-likeness (QED) is 0.443. The summed E-state index contributed by atoms with van der Waals surface area (Å²) in [6, 6.07) is 16.0. The van der Waals surface area contributed by atoms with Gasteiger partial charge in [-0.2, -0.15) is 5.26 Å². The number of phenols is 1. The number of benzene rings is 3. The monoisotopic (exact) mass is 457 g/mol. The molecule has 0 unspecified atom stereocenters. The summed E-state index contributed by atoms with van der Waals surface area (Å²) in [6.07, 6.45) is 1.63. The van der Waals surface area contributed by atoms with Crippen LogP contribution in [0, 0.1) is 23.0 Å². The van der Waals surface area contributed by atoms with Crippen LogP contribution < -0.4 is 10.7 Å². The highest BCUT2D eigenvalue weighted by atomic mass is 19.1. The van der Waals surface area contributed by atoms with Crippen molar-refractivity contribution in [2.75, 3.05) is 31.1 Å². The highest BCUT2D eigenvalue weighted by Gasteiger charge is 2.22. The van der Waals surface area contributed by atoms with E-state index in [0.29, 0.717) is 53.9 Å². The zero-order chi connectivity index (χ0) is 23.8. The van der Waals surface area contributed by atoms with E-state index in [4.69, 9.17) is 5.84 Å². The van der Waals surface area contributed by atoms with Crippen LogP contribution in [0.25, 0.3) is 33.2 Å². The Bertz CT molecular complexity index is 1420. The molecule has 0 spiro atoms. The molecule has 0 aliphatic carbocycles. The Morgan fingerprint density at radius 2 is 1.65 bits per heavy atom. The van der Waals surface area contributed by atoms with Crippen LogP contribution in [-0.4, -0.2) is 41.3 Å². The lowest BCUT2D eigenvalue weighted by molar-refractivity contribution is 0.266. The predicted molar refractivity (Wildman–Crippen MR) is 127 cm³/mol. The molecule has 1 fully saturated rings. The van der Waals surface area contributed by atoms with E-state index in [1.54, 1.807) is 29.4 Å². The summed E-state index contributed by atoms with van der Waals surface area (Å²) in [5.41, 5.74) is 3.87. The summed E-state index contributed by atoms with van der Waals surface area (Å²) in [4.78, 5) is 6.70. The summed E-state index contributed by atoms with van der Waals surface area (Å²) < 4.78 is 28.2. The van der Waals surface area contributed by atoms with Gasteiger partial charge in [0.25, 0.3) is 0 Å². The van der Waals surface area contributed by atoms with Crippen molar-refractivity contribution in [3.63, 3.8) is 0 Å². The molecule has 6 nitrogen and oxygen atoms in total. The number of pyridine rings is 1. The second-order valence-corrected chi connectivity index (χ2v) is 8.25. The molecule has 0 atom stereocenters. The minimum atomic E-state index is -0.667. The van der Waals surface area contributed by atoms with Crippen molar-refractivity contribution in [2.24, 2.45) is 5.84 Å². The Balaban J connectivity index is 1.76. The summed E-state index contributed by atoms with van der Waals surface area (Å²) in [5, 5.41) is 22.4. The minimum absolute atomic E-state index is 0.0982. The van der Waals surface area contributed by atoms with E-state index < -0.39 is 11.6 Å². The Morgan fingerprint density at radius 1 is 0.912 bits per heavy atom. The number of para-hydroxylation sites is 1. The minimum Gasteiger partial charge on any atom is -0.506 e. The fraction of sp³-hybridized carbons (Fsp3) is 0.154. The van der Waals surface area contributed by atoms with Gasteiger partial charge < -0.3 is 10.0 Å². The number of halogens is 2. The number of nitrogens with two attached hydrogens (primary N) is 1. The molecule has 0 saturated carbocycles. The van der Waals surface area contributed by atoms with Gasteiger partial charge in [0.15, 0.2) is 0 Å². The van der Waals surface area contributed by atoms with Gasteiger partial charge in [-0.25, -0.2) is 13.8 Å². The normalized spacial score (nSPS) is 14.4. The van der Waals surface area contributed by atoms with Crippen LogP contribution in [-0.2, 0) is 0 Å². The third kappa shape index (κ3) is 3.92. The van der Waals surface area contributed by atoms with Crippen LogP contribution in [0.1, 0.15) is 5.56 Å². The average Bonchev–Trinajstić information content (AvgIpc) is 2.83. The number of aromatic hydroxyl groups is 1. The lowest BCUT2D eigenvalue weighted by Crippen LogP contribution is -2.49. The fourth-order valence-corrected chi connectivity index (χ4v) is 4.42. The van der Waals surface area contributed by atoms with Crippen LogP contribution in [0.15, 0.2) is 60.8 Å². The molecule has 1 aromatic heterocycles. The van der Waals surface area contributed by atoms with E-state index in [9.17, 15) is 19.1 Å². The summed E-state index contributed by atoms with van der Waals surface area (Å²) in [6.45, 7) is 2.51. The van der Waals surface area contributed by atoms with Crippen molar-refractivity contribution in [1.82, 2.24) is 9.99 Å². The van der Waals surface area contributed by atoms with Crippen molar-refractivity contribution in [1.29, 1.82) is 5.26 Å². The van der Waals surface area contributed by atoms with E-state index >= 15 is 0 Å². The van der Waals surface area contributed by atoms with E-state index in [1.165, 1.54) is 12.1 Å². The van der Waals surface area contributed by atoms with E-state index in [-0.39, 0.29) is 11.3 Å². The molecule has 0 radical (unpaired) electrons. The number of hydrogen-bond acceptors (Lipinski definition) is 6. The lowest BCUT2D eigenvalue weighted by Gasteiger charge is -2.35. The number of nitrogens with zero attached hydrogens (tertiary/aromatic N) is 4. The predicted octanol–water partition coefficient (Wildman–Crippen LogP) is 4.42. The molecule has 170 valence electrons. The first kappa shape index (κ1) is 21.8. The molecule has 8 heteroatoms. The third-order valence-corrected chi connectivity index (χ3v) is 6.11. The number of anilines is 1. The van der Waals surface area contributed by atoms with Crippen LogP contribution in [0.2, 0.25) is 0 Å². The van der Waals surface area contributed by atoms with Gasteiger partial charge in [0, 0.05) is 55.0 Å². The first-order valence-electron chi connectivity index (χ1n) is 10.8. The Kier molecular flexibility index (Phi) is 5.57. The molecule has 4 aromatic rings. The standard InChI is InChI=1S/C26H21F2N5O/c27-19-10-18(11-20(28)13-19)23-15-31-24-5-4-16(21-3-1-2-17(14-29)26(21)34)12-22(24)25(23)32-6-8-33(30)9-7-32/h1-5,10-13,15,34H,6-9,30H2. The van der Waals surface area contributed by atoms with Crippen molar-refractivity contribution in [2.45, 2.75) is 0 Å². The molecule has 2 heterocycles. The molecule has 34 heavy (non-hydrogen) atoms. The van der Waals surface area contributed by atoms with E-state index in [2.05, 4.69) is 9.88 Å². The third-order valence-electron chi connectivity index (χ3n) is 6.11. The van der Waals surface area contributed by atoms with Crippen LogP contribution in [0.4, 0.5) is 14.5 Å². The van der Waals surface area contributed by atoms with Gasteiger partial charge in [-0.05, 0) is 41.5 Å². The number of hydrazine groups is 1. The van der Waals surface area contributed by atoms with Crippen LogP contribution in [0.3, 0.4) is 0 Å². The highest BCUT2D eigenvalue weighted by molar-refractivity contribution is 6.02. The van der Waals surface area contributed by atoms with Gasteiger partial charge in [-0.3, -0.25) is 10.8 Å². The Morgan fingerprint density at radius 3 is 2.35 bits per heavy atom. The number of aromatic nitrogens is 1. The number of fused-ring (bicyclic) bond motifs is 1. The molecule has 1 saturated heterocycles. The second kappa shape index (κ2) is 8.71. The number of phenolic OH excluding ortho intramolecular Hbond substituents is 1. The van der Waals surface area contributed by atoms with Gasteiger partial charge in [0.05, 0.1) is 16.8 Å². The summed E-state index contributed by atoms with van der Waals surface area (Å²) >= 11 is 0. The Labute approximate surface area is 195 Å². The van der Waals surface area contributed by atoms with Gasteiger partial charge in [0.1, 0.15) is 23.5 Å². The SMILES string of the molecule is N#Cc1cccc(-c2ccc3ncc(-c4cc(F)cc(F)c4)c(N4CCN(N)CC4)c3c2)c1O. The topological polar surface area (TPSA) is 89.4 Å². The highest BCUT2D eigenvalue weighted by Crippen LogP contribution is 2.40. The molecule has 1 aliphatic rings. The maximum atomic E-state index is 14.1. The second-order valence-electron chi connectivity index (χ2n) is 8.25. The molecular formula is C26H21F2N5O. The van der Waals surface area contributed by atoms with Crippen LogP contribution >= 0.6 is 0 Å². The zero-order valence-electron chi connectivity index (χ0n) is 18.2. The molecule has 0 bridgehead atoms. The van der Waals surface area contributed by atoms with Gasteiger partial charge in [-0.15, -0.1) is 0 Å². The van der Waals surface area contributed by atoms with Gasteiger partial charge >= 0.3 is 0 Å². The number of rotatable bonds is 3. The van der Waals surface area contributed by atoms with Crippen molar-refractivity contribution >= 4 is 16.6 Å². The first-order valence-corrected chi connectivity index (χ1v) is 10.8. The number of hydrogen-bond donors (Lipinski definition) is 2. The molecule has 1 aliphatic heterocycles. The molecular weight excluding hydrogens is 436 g/mol. The average molecular weight is 457 g/mol. The largest absolute Gasteiger partial charge is 0.506 e. The summed E-state index contributed by atoms with van der Waals surface area (Å²) in [5.74, 6) is 4.53. The van der Waals surface area contributed by atoms with E-state index in [1.807, 2.05) is 24.3 Å². The lowest BCUT2D eigenvalue weighted by atomic mass is 9.96. The number of piperazine rings is 1. The molecule has 3 aromatic carbocycles. The maximum Gasteiger partial charge on any atom is 0.141 e. The molecule has 0 amide bonds. The van der Waals surface area contributed by atoms with Gasteiger partial charge in [-0.1, -0.05) is 18.2 Å². The van der Waals surface area contributed by atoms with Crippen molar-refractivity contribution in [3.8, 4) is 34.1 Å². The van der Waals surface area contributed by atoms with E-state index in [0.717, 1.165) is 17.1 Å². The molecule has 3 N–H and O–H groups in total.